The van der Waals surface area contributed by atoms with Gasteiger partial charge < -0.3 is 59.6 Å². The number of nitrogens with one attached hydrogen (secondary N) is 3. The number of ketones is 3. The molecule has 0 saturated heterocycles. The largest absolute Gasteiger partial charge is 0.489 e. The normalized spacial score (nSPS) is 12.6. The molecule has 0 aliphatic rings. The van der Waals surface area contributed by atoms with E-state index in [2.05, 4.69) is 16.0 Å². The van der Waals surface area contributed by atoms with Crippen LogP contribution in [0.3, 0.4) is 0 Å². The highest BCUT2D eigenvalue weighted by molar-refractivity contribution is 5.97. The minimum absolute atomic E-state index is 0.00771. The maximum Gasteiger partial charge on any atom is 0.307 e. The van der Waals surface area contributed by atoms with Crippen molar-refractivity contribution in [2.75, 3.05) is 60.4 Å². The SMILES string of the molecule is COCCOCCCC(=O)[C@@H](CCC(=O)OCc1ccccc1)NC(=O)[C@H](CCC(=O)OCc1ccccc1)CC(=O)[C@@H](Cc1ccccc1)NC(=O)[C@H](CC(=O)OC(C)(C)C)CC(=O)[C@H](Cc1ccc(OCc2ccccc2)cc1)NC(C)=O.COCCOCCN. The number of esters is 3. The van der Waals surface area contributed by atoms with E-state index in [1.807, 2.05) is 42.5 Å². The summed E-state index contributed by atoms with van der Waals surface area (Å²) >= 11 is 0. The fourth-order valence-corrected chi connectivity index (χ4v) is 9.38. The van der Waals surface area contributed by atoms with E-state index in [1.165, 1.54) is 14.0 Å². The summed E-state index contributed by atoms with van der Waals surface area (Å²) in [7, 11) is 3.18. The first kappa shape index (κ1) is 77.0. The first-order valence-corrected chi connectivity index (χ1v) is 31.5. The van der Waals surface area contributed by atoms with Crippen LogP contribution in [0.15, 0.2) is 146 Å². The number of hydrogen-bond donors (Lipinski definition) is 4. The number of rotatable bonds is 43. The summed E-state index contributed by atoms with van der Waals surface area (Å²) in [6.07, 6.45) is -2.43. The van der Waals surface area contributed by atoms with Crippen molar-refractivity contribution in [1.82, 2.24) is 16.0 Å². The van der Waals surface area contributed by atoms with Crippen LogP contribution in [0, 0.1) is 11.8 Å². The van der Waals surface area contributed by atoms with E-state index in [1.54, 1.807) is 131 Å². The smallest absolute Gasteiger partial charge is 0.307 e. The lowest BCUT2D eigenvalue weighted by Gasteiger charge is -2.26. The van der Waals surface area contributed by atoms with Gasteiger partial charge in [0.2, 0.25) is 17.7 Å². The summed E-state index contributed by atoms with van der Waals surface area (Å²) in [5.74, 6) is -7.94. The van der Waals surface area contributed by atoms with Crippen LogP contribution in [0.25, 0.3) is 0 Å². The van der Waals surface area contributed by atoms with Gasteiger partial charge in [-0.05, 0) is 92.8 Å². The molecule has 0 bridgehead atoms. The molecule has 3 amide bonds. The maximum absolute atomic E-state index is 15.0. The molecule has 0 fully saturated rings. The zero-order valence-corrected chi connectivity index (χ0v) is 54.6. The first-order chi connectivity index (χ1) is 44.7. The van der Waals surface area contributed by atoms with E-state index in [0.717, 1.165) is 16.7 Å². The average Bonchev–Trinajstić information content (AvgIpc) is 1.42. The van der Waals surface area contributed by atoms with Gasteiger partial charge in [-0.25, -0.2) is 0 Å². The van der Waals surface area contributed by atoms with Gasteiger partial charge >= 0.3 is 17.9 Å². The summed E-state index contributed by atoms with van der Waals surface area (Å²) in [5, 5.41) is 8.29. The number of benzene rings is 5. The van der Waals surface area contributed by atoms with E-state index in [0.29, 0.717) is 63.1 Å². The van der Waals surface area contributed by atoms with Crippen LogP contribution in [0.5, 0.6) is 5.75 Å². The molecule has 5 aromatic rings. The van der Waals surface area contributed by atoms with Gasteiger partial charge in [0.25, 0.3) is 0 Å². The minimum Gasteiger partial charge on any atom is -0.489 e. The molecule has 0 spiro atoms. The monoisotopic (exact) mass is 1290 g/mol. The second-order valence-electron chi connectivity index (χ2n) is 23.2. The second-order valence-corrected chi connectivity index (χ2v) is 23.2. The Kier molecular flexibility index (Phi) is 36.5. The summed E-state index contributed by atoms with van der Waals surface area (Å²) in [4.78, 5) is 125. The summed E-state index contributed by atoms with van der Waals surface area (Å²) in [6.45, 7) is 9.88. The summed E-state index contributed by atoms with van der Waals surface area (Å²) < 4.78 is 42.9. The lowest BCUT2D eigenvalue weighted by molar-refractivity contribution is -0.157. The number of carbonyl (C=O) groups excluding carboxylic acids is 9. The fraction of sp³-hybridized carbons (Fsp3) is 0.458. The number of Topliss-reactive ketones (excluding diaryl/α,β-unsaturated/α-hetero) is 3. The van der Waals surface area contributed by atoms with E-state index >= 15 is 0 Å². The van der Waals surface area contributed by atoms with E-state index in [4.69, 9.17) is 43.6 Å². The highest BCUT2D eigenvalue weighted by Gasteiger charge is 2.36. The minimum atomic E-state index is -1.41. The van der Waals surface area contributed by atoms with E-state index in [9.17, 15) is 43.2 Å². The number of carbonyl (C=O) groups is 9. The van der Waals surface area contributed by atoms with Gasteiger partial charge in [0.1, 0.15) is 31.2 Å². The van der Waals surface area contributed by atoms with Gasteiger partial charge in [0.15, 0.2) is 17.3 Å². The molecule has 93 heavy (non-hydrogen) atoms. The zero-order chi connectivity index (χ0) is 67.6. The van der Waals surface area contributed by atoms with Gasteiger partial charge in [0.05, 0.1) is 63.5 Å². The van der Waals surface area contributed by atoms with Gasteiger partial charge in [-0.3, -0.25) is 43.2 Å². The Balaban J connectivity index is 0.00000215. The molecule has 504 valence electrons. The molecule has 0 radical (unpaired) electrons. The quantitative estimate of drug-likeness (QED) is 0.0163. The van der Waals surface area contributed by atoms with Crippen LogP contribution in [-0.4, -0.2) is 137 Å². The standard InChI is InChI=1S/C67H81N3O15.C5H13NO2/c1-47(71)68-57(40-49-28-31-55(32-29-49)82-44-50-21-12-7-13-22-50)61(74)42-54(43-64(77)85-67(2,3)4)66(79)70-58(39-48-19-10-6-11-20-48)60(73)41-53(30-34-62(75)83-45-51-23-14-8-15-24-51)65(78)69-56(59(72)27-18-36-81-38-37-80-5)33-35-63(76)84-46-52-25-16-9-17-26-52;1-7-4-5-8-3-2-6/h6-17,19-26,28-29,31-32,53-54,56-58H,18,27,30,33-46H2,1-5H3,(H,68,71)(H,69,78)(H,70,79);2-6H2,1H3/t53-,54+,56-,57+,58-;/m1./s1. The third kappa shape index (κ3) is 33.6. The predicted molar refractivity (Wildman–Crippen MR) is 349 cm³/mol. The Labute approximate surface area is 546 Å². The Hall–Kier alpha value is -8.47. The third-order valence-electron chi connectivity index (χ3n) is 14.2. The lowest BCUT2D eigenvalue weighted by Crippen LogP contribution is -2.49. The van der Waals surface area contributed by atoms with Gasteiger partial charge in [-0.15, -0.1) is 0 Å². The molecular weight excluding hydrogens is 1190 g/mol. The van der Waals surface area contributed by atoms with Gasteiger partial charge in [-0.2, -0.15) is 0 Å². The van der Waals surface area contributed by atoms with Crippen molar-refractivity contribution in [3.05, 3.63) is 173 Å². The number of methoxy groups -OCH3 is 2. The van der Waals surface area contributed by atoms with Crippen molar-refractivity contribution in [3.63, 3.8) is 0 Å². The molecular formula is C72H94N4O17. The van der Waals surface area contributed by atoms with Crippen LogP contribution >= 0.6 is 0 Å². The summed E-state index contributed by atoms with van der Waals surface area (Å²) in [5.41, 5.74) is 7.91. The molecule has 5 rings (SSSR count). The van der Waals surface area contributed by atoms with Crippen molar-refractivity contribution in [2.24, 2.45) is 17.6 Å². The molecule has 0 unspecified atom stereocenters. The lowest BCUT2D eigenvalue weighted by atomic mass is 9.89. The number of ether oxygens (including phenoxy) is 8. The van der Waals surface area contributed by atoms with Crippen molar-refractivity contribution >= 4 is 53.0 Å². The molecule has 5 atom stereocenters. The Morgan fingerprint density at radius 3 is 1.38 bits per heavy atom. The zero-order valence-electron chi connectivity index (χ0n) is 54.6. The maximum atomic E-state index is 15.0. The third-order valence-corrected chi connectivity index (χ3v) is 14.2. The van der Waals surface area contributed by atoms with Crippen molar-refractivity contribution in [3.8, 4) is 5.75 Å². The Morgan fingerprint density at radius 1 is 0.441 bits per heavy atom. The topological polar surface area (TPSA) is 290 Å². The molecule has 21 nitrogen and oxygen atoms in total. The van der Waals surface area contributed by atoms with Crippen LogP contribution in [-0.2, 0) is 109 Å². The first-order valence-electron chi connectivity index (χ1n) is 31.5. The molecule has 0 aromatic heterocycles. The molecule has 5 N–H and O–H groups in total. The van der Waals surface area contributed by atoms with Crippen LogP contribution in [0.1, 0.15) is 113 Å². The number of amides is 3. The van der Waals surface area contributed by atoms with E-state index < -0.39 is 108 Å². The molecule has 0 heterocycles. The highest BCUT2D eigenvalue weighted by Crippen LogP contribution is 2.23. The number of hydrogen-bond acceptors (Lipinski definition) is 18. The highest BCUT2D eigenvalue weighted by atomic mass is 16.6. The van der Waals surface area contributed by atoms with Crippen molar-refractivity contribution in [1.29, 1.82) is 0 Å². The molecule has 0 aliphatic heterocycles. The number of nitrogens with two attached hydrogens (primary N) is 1. The summed E-state index contributed by atoms with van der Waals surface area (Å²) in [6, 6.07) is 39.7. The van der Waals surface area contributed by atoms with Gasteiger partial charge in [-0.1, -0.05) is 133 Å². The fourth-order valence-electron chi connectivity index (χ4n) is 9.38. The van der Waals surface area contributed by atoms with Crippen molar-refractivity contribution in [2.45, 2.75) is 142 Å². The second kappa shape index (κ2) is 44.1. The van der Waals surface area contributed by atoms with Crippen LogP contribution in [0.2, 0.25) is 0 Å². The van der Waals surface area contributed by atoms with Crippen LogP contribution in [0.4, 0.5) is 0 Å². The molecule has 21 heteroatoms. The Morgan fingerprint density at radius 2 is 0.882 bits per heavy atom. The molecule has 0 aliphatic carbocycles. The Bertz CT molecular complexity index is 3010. The predicted octanol–water partition coefficient (Wildman–Crippen LogP) is 8.08. The van der Waals surface area contributed by atoms with E-state index in [-0.39, 0.29) is 71.2 Å². The van der Waals surface area contributed by atoms with Crippen molar-refractivity contribution < 1.29 is 81.0 Å². The van der Waals surface area contributed by atoms with Crippen LogP contribution < -0.4 is 26.4 Å². The average molecular weight is 1290 g/mol. The molecule has 0 saturated carbocycles. The van der Waals surface area contributed by atoms with Gasteiger partial charge in [0, 0.05) is 72.3 Å². The molecule has 5 aromatic carbocycles.